The molecule has 4 nitrogen and oxygen atoms in total. The normalized spacial score (nSPS) is 19.5. The molecule has 104 valence electrons. The third kappa shape index (κ3) is 3.21. The van der Waals surface area contributed by atoms with E-state index in [1.165, 1.54) is 18.5 Å². The third-order valence-corrected chi connectivity index (χ3v) is 4.23. The van der Waals surface area contributed by atoms with Crippen molar-refractivity contribution in [3.8, 4) is 0 Å². The van der Waals surface area contributed by atoms with Crippen molar-refractivity contribution in [2.24, 2.45) is 16.3 Å². The average Bonchev–Trinajstić information content (AvgIpc) is 2.36. The Morgan fingerprint density at radius 1 is 1.47 bits per heavy atom. The van der Waals surface area contributed by atoms with Crippen molar-refractivity contribution in [2.45, 2.75) is 26.7 Å². The molecule has 19 heavy (non-hydrogen) atoms. The molecule has 1 saturated heterocycles. The smallest absolute Gasteiger partial charge is 0.170 e. The van der Waals surface area contributed by atoms with Crippen LogP contribution in [0.2, 0.25) is 0 Å². The minimum absolute atomic E-state index is 0.131. The number of benzene rings is 1. The molecule has 1 heterocycles. The second-order valence-electron chi connectivity index (χ2n) is 5.84. The highest BCUT2D eigenvalue weighted by Gasteiger charge is 2.27. The number of nitrogens with zero attached hydrogens (tertiary/aromatic N) is 2. The zero-order valence-electron chi connectivity index (χ0n) is 11.4. The molecule has 0 spiro atoms. The van der Waals surface area contributed by atoms with Crippen molar-refractivity contribution in [3.05, 3.63) is 28.2 Å². The van der Waals surface area contributed by atoms with Gasteiger partial charge in [-0.1, -0.05) is 19.0 Å². The summed E-state index contributed by atoms with van der Waals surface area (Å²) in [5, 5.41) is 11.7. The van der Waals surface area contributed by atoms with Gasteiger partial charge in [0.25, 0.3) is 0 Å². The number of nitrogens with two attached hydrogens (primary N) is 1. The van der Waals surface area contributed by atoms with Crippen LogP contribution in [0.4, 0.5) is 5.69 Å². The largest absolute Gasteiger partial charge is 0.409 e. The molecule has 1 aliphatic rings. The van der Waals surface area contributed by atoms with E-state index in [2.05, 4.69) is 39.8 Å². The van der Waals surface area contributed by atoms with Gasteiger partial charge in [-0.3, -0.25) is 0 Å². The molecule has 0 aliphatic carbocycles. The van der Waals surface area contributed by atoms with Gasteiger partial charge in [-0.25, -0.2) is 0 Å². The molecule has 1 aromatic rings. The highest BCUT2D eigenvalue weighted by Crippen LogP contribution is 2.35. The number of anilines is 1. The van der Waals surface area contributed by atoms with E-state index in [9.17, 15) is 0 Å². The lowest BCUT2D eigenvalue weighted by molar-refractivity contribution is 0.293. The van der Waals surface area contributed by atoms with Crippen molar-refractivity contribution in [1.82, 2.24) is 0 Å². The summed E-state index contributed by atoms with van der Waals surface area (Å²) in [5.41, 5.74) is 7.84. The predicted octanol–water partition coefficient (Wildman–Crippen LogP) is 3.17. The fourth-order valence-electron chi connectivity index (χ4n) is 2.61. The molecule has 0 aromatic heterocycles. The molecule has 0 atom stereocenters. The molecule has 5 heteroatoms. The molecule has 0 radical (unpaired) electrons. The molecule has 0 unspecified atom stereocenters. The van der Waals surface area contributed by atoms with Gasteiger partial charge >= 0.3 is 0 Å². The van der Waals surface area contributed by atoms with E-state index in [1.807, 2.05) is 18.2 Å². The Hall–Kier alpha value is -1.23. The predicted molar refractivity (Wildman–Crippen MR) is 81.9 cm³/mol. The number of hydrogen-bond acceptors (Lipinski definition) is 3. The Kier molecular flexibility index (Phi) is 4.04. The highest BCUT2D eigenvalue weighted by molar-refractivity contribution is 9.10. The Bertz CT molecular complexity index is 499. The first kappa shape index (κ1) is 14.2. The maximum Gasteiger partial charge on any atom is 0.170 e. The lowest BCUT2D eigenvalue weighted by Crippen LogP contribution is -2.40. The standard InChI is InChI=1S/C14H20BrN3O/c1-14(2)6-3-7-18(9-14)12-5-4-10(8-11(12)15)13(16)17-19/h4-5,8,19H,3,6-7,9H2,1-2H3,(H2,16,17). The Morgan fingerprint density at radius 2 is 2.21 bits per heavy atom. The maximum absolute atomic E-state index is 8.70. The number of amidine groups is 1. The average molecular weight is 326 g/mol. The van der Waals surface area contributed by atoms with Crippen LogP contribution in [0, 0.1) is 5.41 Å². The van der Waals surface area contributed by atoms with Gasteiger partial charge in [-0.2, -0.15) is 0 Å². The van der Waals surface area contributed by atoms with E-state index in [-0.39, 0.29) is 5.84 Å². The molecular formula is C14H20BrN3O. The Balaban J connectivity index is 2.26. The Morgan fingerprint density at radius 3 is 2.79 bits per heavy atom. The van der Waals surface area contributed by atoms with E-state index in [1.54, 1.807) is 0 Å². The lowest BCUT2D eigenvalue weighted by atomic mass is 9.84. The van der Waals surface area contributed by atoms with Gasteiger partial charge in [0.05, 0.1) is 5.69 Å². The number of hydrogen-bond donors (Lipinski definition) is 2. The zero-order valence-corrected chi connectivity index (χ0v) is 12.9. The van der Waals surface area contributed by atoms with Crippen molar-refractivity contribution >= 4 is 27.5 Å². The first-order valence-electron chi connectivity index (χ1n) is 6.45. The van der Waals surface area contributed by atoms with Crippen LogP contribution >= 0.6 is 15.9 Å². The summed E-state index contributed by atoms with van der Waals surface area (Å²) in [5.74, 6) is 0.131. The highest BCUT2D eigenvalue weighted by atomic mass is 79.9. The summed E-state index contributed by atoms with van der Waals surface area (Å²) in [6.07, 6.45) is 2.48. The van der Waals surface area contributed by atoms with Crippen LogP contribution in [-0.4, -0.2) is 24.1 Å². The molecule has 3 N–H and O–H groups in total. The van der Waals surface area contributed by atoms with Crippen molar-refractivity contribution in [1.29, 1.82) is 0 Å². The lowest BCUT2D eigenvalue weighted by Gasteiger charge is -2.39. The first-order valence-corrected chi connectivity index (χ1v) is 7.25. The van der Waals surface area contributed by atoms with Crippen LogP contribution in [0.3, 0.4) is 0 Å². The van der Waals surface area contributed by atoms with Gasteiger partial charge in [-0.15, -0.1) is 0 Å². The van der Waals surface area contributed by atoms with Gasteiger partial charge in [-0.05, 0) is 52.4 Å². The quantitative estimate of drug-likeness (QED) is 0.380. The third-order valence-electron chi connectivity index (χ3n) is 3.59. The molecule has 0 bridgehead atoms. The molecule has 1 fully saturated rings. The molecule has 0 saturated carbocycles. The number of oxime groups is 1. The first-order chi connectivity index (χ1) is 8.93. The van der Waals surface area contributed by atoms with Gasteiger partial charge in [0.2, 0.25) is 0 Å². The van der Waals surface area contributed by atoms with Crippen LogP contribution in [-0.2, 0) is 0 Å². The van der Waals surface area contributed by atoms with Gasteiger partial charge < -0.3 is 15.8 Å². The van der Waals surface area contributed by atoms with Crippen molar-refractivity contribution in [3.63, 3.8) is 0 Å². The van der Waals surface area contributed by atoms with Crippen LogP contribution in [0.5, 0.6) is 0 Å². The minimum atomic E-state index is 0.131. The molecule has 1 aliphatic heterocycles. The minimum Gasteiger partial charge on any atom is -0.409 e. The SMILES string of the molecule is CC1(C)CCCN(c2ccc(/C(N)=N/O)cc2Br)C1. The topological polar surface area (TPSA) is 61.8 Å². The van der Waals surface area contributed by atoms with Crippen LogP contribution < -0.4 is 10.6 Å². The van der Waals surface area contributed by atoms with E-state index in [4.69, 9.17) is 10.9 Å². The van der Waals surface area contributed by atoms with Crippen LogP contribution in [0.25, 0.3) is 0 Å². The van der Waals surface area contributed by atoms with Crippen molar-refractivity contribution in [2.75, 3.05) is 18.0 Å². The number of piperidine rings is 1. The van der Waals surface area contributed by atoms with Gasteiger partial charge in [0.15, 0.2) is 5.84 Å². The Labute approximate surface area is 122 Å². The van der Waals surface area contributed by atoms with E-state index in [0.717, 1.165) is 23.1 Å². The zero-order chi connectivity index (χ0) is 14.0. The maximum atomic E-state index is 8.70. The number of rotatable bonds is 2. The van der Waals surface area contributed by atoms with Crippen molar-refractivity contribution < 1.29 is 5.21 Å². The summed E-state index contributed by atoms with van der Waals surface area (Å²) in [7, 11) is 0. The number of halogens is 1. The summed E-state index contributed by atoms with van der Waals surface area (Å²) < 4.78 is 0.981. The molecule has 0 amide bonds. The second-order valence-corrected chi connectivity index (χ2v) is 6.70. The fraction of sp³-hybridized carbons (Fsp3) is 0.500. The molecular weight excluding hydrogens is 306 g/mol. The van der Waals surface area contributed by atoms with Gasteiger partial charge in [0, 0.05) is 23.1 Å². The van der Waals surface area contributed by atoms with Crippen LogP contribution in [0.1, 0.15) is 32.3 Å². The van der Waals surface area contributed by atoms with E-state index >= 15 is 0 Å². The molecule has 2 rings (SSSR count). The summed E-state index contributed by atoms with van der Waals surface area (Å²) >= 11 is 3.58. The van der Waals surface area contributed by atoms with E-state index < -0.39 is 0 Å². The van der Waals surface area contributed by atoms with E-state index in [0.29, 0.717) is 5.41 Å². The second kappa shape index (κ2) is 5.41. The summed E-state index contributed by atoms with van der Waals surface area (Å²) in [6.45, 7) is 6.73. The van der Waals surface area contributed by atoms with Crippen LogP contribution in [0.15, 0.2) is 27.8 Å². The molecule has 1 aromatic carbocycles. The van der Waals surface area contributed by atoms with Gasteiger partial charge in [0.1, 0.15) is 0 Å². The monoisotopic (exact) mass is 325 g/mol. The summed E-state index contributed by atoms with van der Waals surface area (Å²) in [4.78, 5) is 2.39. The fourth-order valence-corrected chi connectivity index (χ4v) is 3.24. The summed E-state index contributed by atoms with van der Waals surface area (Å²) in [6, 6.07) is 5.81.